The molecule has 106 valence electrons. The van der Waals surface area contributed by atoms with Crippen molar-refractivity contribution in [3.8, 4) is 0 Å². The Hall–Kier alpha value is -1.16. The van der Waals surface area contributed by atoms with Gasteiger partial charge in [0.1, 0.15) is 0 Å². The van der Waals surface area contributed by atoms with E-state index in [2.05, 4.69) is 22.9 Å². The largest absolute Gasteiger partial charge is 0.330 e. The van der Waals surface area contributed by atoms with E-state index in [-0.39, 0.29) is 5.41 Å². The molecule has 1 aliphatic rings. The summed E-state index contributed by atoms with van der Waals surface area (Å²) in [5.74, 6) is 0. The lowest BCUT2D eigenvalue weighted by Crippen LogP contribution is -2.31. The van der Waals surface area contributed by atoms with E-state index in [1.807, 2.05) is 24.4 Å². The van der Waals surface area contributed by atoms with E-state index in [0.717, 1.165) is 42.1 Å². The van der Waals surface area contributed by atoms with Gasteiger partial charge in [0, 0.05) is 29.7 Å². The fourth-order valence-electron chi connectivity index (χ4n) is 2.99. The fraction of sp³-hybridized carbons (Fsp3) is 0.438. The van der Waals surface area contributed by atoms with Gasteiger partial charge in [0.05, 0.1) is 5.52 Å². The van der Waals surface area contributed by atoms with Crippen molar-refractivity contribution in [2.75, 3.05) is 19.6 Å². The second-order valence-corrected chi connectivity index (χ2v) is 6.49. The van der Waals surface area contributed by atoms with Gasteiger partial charge in [-0.15, -0.1) is 0 Å². The van der Waals surface area contributed by atoms with Crippen molar-refractivity contribution in [1.29, 1.82) is 0 Å². The molecule has 20 heavy (non-hydrogen) atoms. The second kappa shape index (κ2) is 5.32. The first-order valence-electron chi connectivity index (χ1n) is 7.06. The molecule has 1 saturated heterocycles. The average Bonchev–Trinajstić information content (AvgIpc) is 2.85. The minimum absolute atomic E-state index is 0.260. The zero-order chi connectivity index (χ0) is 14.2. The van der Waals surface area contributed by atoms with Crippen LogP contribution in [0.3, 0.4) is 0 Å². The molecule has 1 aromatic heterocycles. The molecule has 0 bridgehead atoms. The number of hydrogen-bond acceptors (Lipinski definition) is 3. The number of aromatic nitrogens is 1. The summed E-state index contributed by atoms with van der Waals surface area (Å²) in [5, 5.41) is 1.80. The van der Waals surface area contributed by atoms with Crippen LogP contribution in [0, 0.1) is 5.41 Å². The molecule has 0 radical (unpaired) electrons. The lowest BCUT2D eigenvalue weighted by atomic mass is 9.90. The predicted octanol–water partition coefficient (Wildman–Crippen LogP) is 3.06. The van der Waals surface area contributed by atoms with Gasteiger partial charge in [0.15, 0.2) is 0 Å². The van der Waals surface area contributed by atoms with Gasteiger partial charge in [0.25, 0.3) is 0 Å². The first-order chi connectivity index (χ1) is 9.61. The van der Waals surface area contributed by atoms with Crippen molar-refractivity contribution >= 4 is 22.5 Å². The molecule has 1 aliphatic heterocycles. The highest BCUT2D eigenvalue weighted by Crippen LogP contribution is 2.31. The number of nitrogens with zero attached hydrogens (tertiary/aromatic N) is 2. The molecular formula is C16H20ClN3. The molecule has 2 heterocycles. The maximum atomic E-state index is 6.24. The van der Waals surface area contributed by atoms with Crippen LogP contribution in [-0.4, -0.2) is 29.5 Å². The fourth-order valence-corrected chi connectivity index (χ4v) is 3.21. The second-order valence-electron chi connectivity index (χ2n) is 6.08. The van der Waals surface area contributed by atoms with Gasteiger partial charge >= 0.3 is 0 Å². The molecule has 1 fully saturated rings. The van der Waals surface area contributed by atoms with E-state index >= 15 is 0 Å². The summed E-state index contributed by atoms with van der Waals surface area (Å²) >= 11 is 6.24. The van der Waals surface area contributed by atoms with E-state index < -0.39 is 0 Å². The molecule has 0 amide bonds. The summed E-state index contributed by atoms with van der Waals surface area (Å²) in [6.45, 7) is 6.10. The maximum absolute atomic E-state index is 6.24. The van der Waals surface area contributed by atoms with Crippen molar-refractivity contribution < 1.29 is 0 Å². The average molecular weight is 290 g/mol. The quantitative estimate of drug-likeness (QED) is 0.944. The van der Waals surface area contributed by atoms with Crippen LogP contribution in [0.1, 0.15) is 18.9 Å². The number of nitrogens with two attached hydrogens (primary N) is 1. The molecule has 2 N–H and O–H groups in total. The lowest BCUT2D eigenvalue weighted by molar-refractivity contribution is 0.275. The van der Waals surface area contributed by atoms with Gasteiger partial charge in [-0.25, -0.2) is 0 Å². The molecule has 1 atom stereocenters. The first-order valence-corrected chi connectivity index (χ1v) is 7.44. The number of pyridine rings is 1. The number of halogens is 1. The van der Waals surface area contributed by atoms with Crippen molar-refractivity contribution in [1.82, 2.24) is 9.88 Å². The van der Waals surface area contributed by atoms with E-state index in [9.17, 15) is 0 Å². The standard InChI is InChI=1S/C16H20ClN3/c1-16(10-18)6-8-20(11-16)9-12-4-5-14(17)13-3-2-7-19-15(12)13/h2-5,7H,6,8-11,18H2,1H3. The predicted molar refractivity (Wildman–Crippen MR) is 83.8 cm³/mol. The third-order valence-electron chi connectivity index (χ3n) is 4.32. The van der Waals surface area contributed by atoms with Gasteiger partial charge in [-0.05, 0) is 48.7 Å². The van der Waals surface area contributed by atoms with E-state index in [0.29, 0.717) is 0 Å². The monoisotopic (exact) mass is 289 g/mol. The number of fused-ring (bicyclic) bond motifs is 1. The molecule has 3 rings (SSSR count). The third-order valence-corrected chi connectivity index (χ3v) is 4.65. The molecule has 3 nitrogen and oxygen atoms in total. The van der Waals surface area contributed by atoms with E-state index in [1.165, 1.54) is 12.0 Å². The number of likely N-dealkylation sites (tertiary alicyclic amines) is 1. The normalized spacial score (nSPS) is 23.6. The summed E-state index contributed by atoms with van der Waals surface area (Å²) < 4.78 is 0. The van der Waals surface area contributed by atoms with Crippen LogP contribution >= 0.6 is 11.6 Å². The van der Waals surface area contributed by atoms with Gasteiger partial charge in [0.2, 0.25) is 0 Å². The molecule has 4 heteroatoms. The minimum Gasteiger partial charge on any atom is -0.330 e. The highest BCUT2D eigenvalue weighted by Gasteiger charge is 2.32. The summed E-state index contributed by atoms with van der Waals surface area (Å²) in [6.07, 6.45) is 3.00. The summed E-state index contributed by atoms with van der Waals surface area (Å²) in [4.78, 5) is 6.97. The SMILES string of the molecule is CC1(CN)CCN(Cc2ccc(Cl)c3cccnc23)C1. The smallest absolute Gasteiger partial charge is 0.0761 e. The number of hydrogen-bond donors (Lipinski definition) is 1. The van der Waals surface area contributed by atoms with Crippen LogP contribution in [0.5, 0.6) is 0 Å². The van der Waals surface area contributed by atoms with Gasteiger partial charge in [-0.3, -0.25) is 9.88 Å². The molecular weight excluding hydrogens is 270 g/mol. The lowest BCUT2D eigenvalue weighted by Gasteiger charge is -2.23. The summed E-state index contributed by atoms with van der Waals surface area (Å²) in [5.41, 5.74) is 8.39. The number of rotatable bonds is 3. The van der Waals surface area contributed by atoms with E-state index in [1.54, 1.807) is 0 Å². The molecule has 0 spiro atoms. The summed E-state index contributed by atoms with van der Waals surface area (Å²) in [6, 6.07) is 8.02. The molecule has 0 saturated carbocycles. The Bertz CT molecular complexity index is 628. The Morgan fingerprint density at radius 3 is 3.00 bits per heavy atom. The molecule has 1 unspecified atom stereocenters. The highest BCUT2D eigenvalue weighted by molar-refractivity contribution is 6.35. The molecule has 1 aromatic carbocycles. The first kappa shape index (κ1) is 13.8. The van der Waals surface area contributed by atoms with Crippen LogP contribution in [0.2, 0.25) is 5.02 Å². The zero-order valence-electron chi connectivity index (χ0n) is 11.8. The van der Waals surface area contributed by atoms with Gasteiger partial charge in [-0.2, -0.15) is 0 Å². The molecule has 2 aromatic rings. The van der Waals surface area contributed by atoms with Crippen molar-refractivity contribution in [2.24, 2.45) is 11.1 Å². The Labute approximate surface area is 124 Å². The summed E-state index contributed by atoms with van der Waals surface area (Å²) in [7, 11) is 0. The Morgan fingerprint density at radius 2 is 2.25 bits per heavy atom. The van der Waals surface area contributed by atoms with Crippen LogP contribution < -0.4 is 5.73 Å². The topological polar surface area (TPSA) is 42.1 Å². The van der Waals surface area contributed by atoms with Gasteiger partial charge < -0.3 is 5.73 Å². The van der Waals surface area contributed by atoms with Crippen LogP contribution in [-0.2, 0) is 6.54 Å². The molecule has 0 aliphatic carbocycles. The zero-order valence-corrected chi connectivity index (χ0v) is 12.5. The van der Waals surface area contributed by atoms with Crippen molar-refractivity contribution in [2.45, 2.75) is 19.9 Å². The Balaban J connectivity index is 1.87. The van der Waals surface area contributed by atoms with Crippen LogP contribution in [0.4, 0.5) is 0 Å². The van der Waals surface area contributed by atoms with Crippen LogP contribution in [0.25, 0.3) is 10.9 Å². The Kier molecular flexibility index (Phi) is 3.67. The van der Waals surface area contributed by atoms with Gasteiger partial charge in [-0.1, -0.05) is 24.6 Å². The highest BCUT2D eigenvalue weighted by atomic mass is 35.5. The maximum Gasteiger partial charge on any atom is 0.0761 e. The minimum atomic E-state index is 0.260. The van der Waals surface area contributed by atoms with Crippen LogP contribution in [0.15, 0.2) is 30.5 Å². The Morgan fingerprint density at radius 1 is 1.40 bits per heavy atom. The number of benzene rings is 1. The van der Waals surface area contributed by atoms with E-state index in [4.69, 9.17) is 17.3 Å². The van der Waals surface area contributed by atoms with Crippen molar-refractivity contribution in [3.05, 3.63) is 41.0 Å². The third kappa shape index (κ3) is 2.53. The van der Waals surface area contributed by atoms with Crippen molar-refractivity contribution in [3.63, 3.8) is 0 Å².